The molecule has 1 saturated carbocycles. The van der Waals surface area contributed by atoms with Crippen molar-refractivity contribution in [2.24, 2.45) is 11.8 Å². The summed E-state index contributed by atoms with van der Waals surface area (Å²) in [7, 11) is 0. The summed E-state index contributed by atoms with van der Waals surface area (Å²) in [5.74, 6) is 0.994. The predicted octanol–water partition coefficient (Wildman–Crippen LogP) is 1.73. The molecular weight excluding hydrogens is 141 g/mol. The van der Waals surface area contributed by atoms with Crippen LogP contribution in [0.25, 0.3) is 0 Å². The molecule has 2 aliphatic rings. The van der Waals surface area contributed by atoms with Gasteiger partial charge in [-0.05, 0) is 38.6 Å². The van der Waals surface area contributed by atoms with Crippen LogP contribution in [0.3, 0.4) is 0 Å². The van der Waals surface area contributed by atoms with E-state index in [0.29, 0.717) is 18.3 Å². The lowest BCUT2D eigenvalue weighted by Gasteiger charge is -2.35. The van der Waals surface area contributed by atoms with E-state index in [1.165, 1.54) is 12.8 Å². The third-order valence-electron chi connectivity index (χ3n) is 3.12. The van der Waals surface area contributed by atoms with Gasteiger partial charge in [0.1, 0.15) is 5.67 Å². The Morgan fingerprint density at radius 1 is 1.45 bits per heavy atom. The highest BCUT2D eigenvalue weighted by Gasteiger charge is 2.45. The Labute approximate surface area is 67.4 Å². The Hall–Kier alpha value is -0.110. The monoisotopic (exact) mass is 157 g/mol. The maximum Gasteiger partial charge on any atom is 0.113 e. The second-order valence-corrected chi connectivity index (χ2v) is 4.18. The van der Waals surface area contributed by atoms with Gasteiger partial charge in [-0.3, -0.25) is 0 Å². The first kappa shape index (κ1) is 7.53. The summed E-state index contributed by atoms with van der Waals surface area (Å²) in [6.45, 7) is 3.53. The topological polar surface area (TPSA) is 12.0 Å². The van der Waals surface area contributed by atoms with Gasteiger partial charge < -0.3 is 5.32 Å². The molecule has 1 aliphatic heterocycles. The molecular formula is C9H16FN. The molecule has 0 aromatic rings. The van der Waals surface area contributed by atoms with Gasteiger partial charge in [0, 0.05) is 12.5 Å². The van der Waals surface area contributed by atoms with Crippen LogP contribution in [0.2, 0.25) is 0 Å². The highest BCUT2D eigenvalue weighted by atomic mass is 19.1. The van der Waals surface area contributed by atoms with E-state index in [2.05, 4.69) is 5.32 Å². The van der Waals surface area contributed by atoms with Crippen LogP contribution in [0.4, 0.5) is 4.39 Å². The molecule has 0 radical (unpaired) electrons. The lowest BCUT2D eigenvalue weighted by molar-refractivity contribution is 0.0544. The molecule has 2 atom stereocenters. The summed E-state index contributed by atoms with van der Waals surface area (Å²) >= 11 is 0. The van der Waals surface area contributed by atoms with Crippen LogP contribution in [0, 0.1) is 11.8 Å². The average Bonchev–Trinajstić information content (AvgIpc) is 2.69. The Bertz CT molecular complexity index is 152. The van der Waals surface area contributed by atoms with Crippen LogP contribution in [-0.4, -0.2) is 18.8 Å². The van der Waals surface area contributed by atoms with Crippen LogP contribution in [-0.2, 0) is 0 Å². The first-order valence-electron chi connectivity index (χ1n) is 4.60. The fraction of sp³-hybridized carbons (Fsp3) is 1.00. The minimum atomic E-state index is -0.883. The summed E-state index contributed by atoms with van der Waals surface area (Å²) in [4.78, 5) is 0. The second kappa shape index (κ2) is 2.44. The van der Waals surface area contributed by atoms with E-state index in [1.807, 2.05) is 0 Å². The van der Waals surface area contributed by atoms with Crippen LogP contribution < -0.4 is 5.32 Å². The molecule has 0 amide bonds. The van der Waals surface area contributed by atoms with Gasteiger partial charge in [0.15, 0.2) is 0 Å². The van der Waals surface area contributed by atoms with Crippen molar-refractivity contribution in [1.82, 2.24) is 5.32 Å². The molecule has 1 aliphatic carbocycles. The number of halogens is 1. The first-order valence-corrected chi connectivity index (χ1v) is 4.60. The SMILES string of the molecule is CC1(F)CCNCC1C1CC1. The fourth-order valence-corrected chi connectivity index (χ4v) is 2.15. The van der Waals surface area contributed by atoms with E-state index < -0.39 is 5.67 Å². The Morgan fingerprint density at radius 3 is 2.73 bits per heavy atom. The van der Waals surface area contributed by atoms with Crippen LogP contribution in [0.1, 0.15) is 26.2 Å². The third kappa shape index (κ3) is 1.41. The van der Waals surface area contributed by atoms with Crippen molar-refractivity contribution in [2.75, 3.05) is 13.1 Å². The second-order valence-electron chi connectivity index (χ2n) is 4.18. The van der Waals surface area contributed by atoms with Crippen molar-refractivity contribution in [3.05, 3.63) is 0 Å². The maximum atomic E-state index is 13.8. The molecule has 0 bridgehead atoms. The Balaban J connectivity index is 2.02. The van der Waals surface area contributed by atoms with E-state index in [0.717, 1.165) is 13.1 Å². The van der Waals surface area contributed by atoms with Gasteiger partial charge in [0.2, 0.25) is 0 Å². The highest BCUT2D eigenvalue weighted by molar-refractivity contribution is 4.96. The normalized spacial score (nSPS) is 45.8. The summed E-state index contributed by atoms with van der Waals surface area (Å²) in [5.41, 5.74) is -0.883. The third-order valence-corrected chi connectivity index (χ3v) is 3.12. The Morgan fingerprint density at radius 2 is 2.18 bits per heavy atom. The average molecular weight is 157 g/mol. The fourth-order valence-electron chi connectivity index (χ4n) is 2.15. The molecule has 1 nitrogen and oxygen atoms in total. The largest absolute Gasteiger partial charge is 0.316 e. The number of hydrogen-bond acceptors (Lipinski definition) is 1. The van der Waals surface area contributed by atoms with Gasteiger partial charge in [-0.1, -0.05) is 0 Å². The summed E-state index contributed by atoms with van der Waals surface area (Å²) in [6.07, 6.45) is 3.21. The van der Waals surface area contributed by atoms with Gasteiger partial charge in [-0.25, -0.2) is 4.39 Å². The number of nitrogens with one attached hydrogen (secondary N) is 1. The number of alkyl halides is 1. The molecule has 0 aromatic heterocycles. The zero-order valence-electron chi connectivity index (χ0n) is 7.07. The molecule has 2 fully saturated rings. The summed E-state index contributed by atoms with van der Waals surface area (Å²) < 4.78 is 13.8. The van der Waals surface area contributed by atoms with Crippen LogP contribution >= 0.6 is 0 Å². The van der Waals surface area contributed by atoms with Crippen molar-refractivity contribution >= 4 is 0 Å². The van der Waals surface area contributed by atoms with Gasteiger partial charge in [-0.15, -0.1) is 0 Å². The molecule has 0 aromatic carbocycles. The summed E-state index contributed by atoms with van der Waals surface area (Å²) in [6, 6.07) is 0. The first-order chi connectivity index (χ1) is 5.20. The molecule has 1 saturated heterocycles. The van der Waals surface area contributed by atoms with Crippen molar-refractivity contribution in [1.29, 1.82) is 0 Å². The molecule has 64 valence electrons. The number of rotatable bonds is 1. The smallest absolute Gasteiger partial charge is 0.113 e. The minimum absolute atomic E-state index is 0.302. The zero-order chi connectivity index (χ0) is 7.90. The van der Waals surface area contributed by atoms with Crippen molar-refractivity contribution in [2.45, 2.75) is 31.9 Å². The van der Waals surface area contributed by atoms with Crippen molar-refractivity contribution < 1.29 is 4.39 Å². The minimum Gasteiger partial charge on any atom is -0.316 e. The molecule has 2 rings (SSSR count). The number of piperidine rings is 1. The lowest BCUT2D eigenvalue weighted by Crippen LogP contribution is -2.46. The zero-order valence-corrected chi connectivity index (χ0v) is 7.07. The molecule has 0 spiro atoms. The quantitative estimate of drug-likeness (QED) is 0.611. The maximum absolute atomic E-state index is 13.8. The standard InChI is InChI=1S/C9H16FN/c1-9(10)4-5-11-6-8(9)7-2-3-7/h7-8,11H,2-6H2,1H3. The van der Waals surface area contributed by atoms with E-state index in [4.69, 9.17) is 0 Å². The molecule has 2 heteroatoms. The van der Waals surface area contributed by atoms with Crippen molar-refractivity contribution in [3.8, 4) is 0 Å². The highest BCUT2D eigenvalue weighted by Crippen LogP contribution is 2.45. The van der Waals surface area contributed by atoms with E-state index in [-0.39, 0.29) is 0 Å². The van der Waals surface area contributed by atoms with Crippen LogP contribution in [0.5, 0.6) is 0 Å². The lowest BCUT2D eigenvalue weighted by atomic mass is 9.82. The molecule has 1 heterocycles. The molecule has 11 heavy (non-hydrogen) atoms. The van der Waals surface area contributed by atoms with E-state index in [9.17, 15) is 4.39 Å². The van der Waals surface area contributed by atoms with Gasteiger partial charge in [0.05, 0.1) is 0 Å². The molecule has 1 N–H and O–H groups in total. The number of hydrogen-bond donors (Lipinski definition) is 1. The van der Waals surface area contributed by atoms with Gasteiger partial charge in [-0.2, -0.15) is 0 Å². The van der Waals surface area contributed by atoms with Crippen LogP contribution in [0.15, 0.2) is 0 Å². The van der Waals surface area contributed by atoms with Gasteiger partial charge >= 0.3 is 0 Å². The van der Waals surface area contributed by atoms with Gasteiger partial charge in [0.25, 0.3) is 0 Å². The van der Waals surface area contributed by atoms with Crippen molar-refractivity contribution in [3.63, 3.8) is 0 Å². The molecule has 2 unspecified atom stereocenters. The van der Waals surface area contributed by atoms with E-state index in [1.54, 1.807) is 6.92 Å². The van der Waals surface area contributed by atoms with E-state index >= 15 is 0 Å². The summed E-state index contributed by atoms with van der Waals surface area (Å²) in [5, 5.41) is 3.27. The predicted molar refractivity (Wildman–Crippen MR) is 43.2 cm³/mol. The Kier molecular flexibility index (Phi) is 1.67.